The second-order valence-electron chi connectivity index (χ2n) is 6.83. The SMILES string of the molecule is CCOC(=O)c1cccc(-c2ncnc3cc(Cc4cccc(C(F)(F)F)c4)sc23)c1. The predicted octanol–water partition coefficient (Wildman–Crippen LogP) is 6.14. The summed E-state index contributed by atoms with van der Waals surface area (Å²) in [5.41, 5.74) is 2.44. The van der Waals surface area contributed by atoms with E-state index < -0.39 is 17.7 Å². The van der Waals surface area contributed by atoms with Crippen molar-refractivity contribution in [2.24, 2.45) is 0 Å². The van der Waals surface area contributed by atoms with Gasteiger partial charge in [0.25, 0.3) is 0 Å². The molecule has 4 aromatic rings. The molecule has 0 atom stereocenters. The number of thiophene rings is 1. The van der Waals surface area contributed by atoms with Crippen LogP contribution in [-0.4, -0.2) is 22.5 Å². The van der Waals surface area contributed by atoms with Gasteiger partial charge in [-0.3, -0.25) is 0 Å². The third kappa shape index (κ3) is 4.59. The van der Waals surface area contributed by atoms with E-state index in [-0.39, 0.29) is 6.61 Å². The largest absolute Gasteiger partial charge is 0.462 e. The molecule has 0 amide bonds. The van der Waals surface area contributed by atoms with Crippen LogP contribution >= 0.6 is 11.3 Å². The molecule has 0 bridgehead atoms. The van der Waals surface area contributed by atoms with Crippen LogP contribution in [0.3, 0.4) is 0 Å². The van der Waals surface area contributed by atoms with E-state index in [1.54, 1.807) is 31.2 Å². The minimum Gasteiger partial charge on any atom is -0.462 e. The molecule has 31 heavy (non-hydrogen) atoms. The molecule has 0 saturated carbocycles. The minimum atomic E-state index is -4.38. The topological polar surface area (TPSA) is 52.1 Å². The summed E-state index contributed by atoms with van der Waals surface area (Å²) in [6, 6.07) is 14.2. The highest BCUT2D eigenvalue weighted by molar-refractivity contribution is 7.19. The van der Waals surface area contributed by atoms with Gasteiger partial charge in [-0.1, -0.05) is 30.3 Å². The van der Waals surface area contributed by atoms with Crippen LogP contribution in [0.1, 0.15) is 33.3 Å². The van der Waals surface area contributed by atoms with Crippen LogP contribution in [0.15, 0.2) is 60.9 Å². The summed E-state index contributed by atoms with van der Waals surface area (Å²) in [6.07, 6.45) is -2.58. The third-order valence-electron chi connectivity index (χ3n) is 4.64. The normalized spacial score (nSPS) is 11.6. The molecule has 2 heterocycles. The fraction of sp³-hybridized carbons (Fsp3) is 0.174. The number of carbonyl (C=O) groups excluding carboxylic acids is 1. The van der Waals surface area contributed by atoms with Crippen molar-refractivity contribution in [1.82, 2.24) is 9.97 Å². The minimum absolute atomic E-state index is 0.282. The molecule has 4 rings (SSSR count). The summed E-state index contributed by atoms with van der Waals surface area (Å²) < 4.78 is 44.9. The Morgan fingerprint density at radius 2 is 1.87 bits per heavy atom. The Hall–Kier alpha value is -3.26. The molecule has 2 aromatic carbocycles. The van der Waals surface area contributed by atoms with Crippen molar-refractivity contribution in [2.75, 3.05) is 6.61 Å². The number of benzene rings is 2. The maximum atomic E-state index is 13.0. The van der Waals surface area contributed by atoms with Crippen molar-refractivity contribution < 1.29 is 22.7 Å². The lowest BCUT2D eigenvalue weighted by atomic mass is 10.1. The average Bonchev–Trinajstić information content (AvgIpc) is 3.16. The predicted molar refractivity (Wildman–Crippen MR) is 113 cm³/mol. The highest BCUT2D eigenvalue weighted by Gasteiger charge is 2.30. The molecule has 2 aromatic heterocycles. The van der Waals surface area contributed by atoms with Gasteiger partial charge >= 0.3 is 12.1 Å². The van der Waals surface area contributed by atoms with Gasteiger partial charge in [0.15, 0.2) is 0 Å². The number of esters is 1. The first-order valence-corrected chi connectivity index (χ1v) is 10.3. The Morgan fingerprint density at radius 1 is 1.06 bits per heavy atom. The van der Waals surface area contributed by atoms with Crippen LogP contribution in [0.25, 0.3) is 21.5 Å². The number of fused-ring (bicyclic) bond motifs is 1. The van der Waals surface area contributed by atoms with Gasteiger partial charge in [0.2, 0.25) is 0 Å². The molecular formula is C23H17F3N2O2S. The number of carbonyl (C=O) groups is 1. The zero-order chi connectivity index (χ0) is 22.0. The summed E-state index contributed by atoms with van der Waals surface area (Å²) in [6.45, 7) is 2.03. The first-order valence-electron chi connectivity index (χ1n) is 9.52. The number of nitrogens with zero attached hydrogens (tertiary/aromatic N) is 2. The Bertz CT molecular complexity index is 1250. The quantitative estimate of drug-likeness (QED) is 0.348. The lowest BCUT2D eigenvalue weighted by molar-refractivity contribution is -0.137. The Kier molecular flexibility index (Phi) is 5.73. The average molecular weight is 442 g/mol. The van der Waals surface area contributed by atoms with Crippen molar-refractivity contribution in [1.29, 1.82) is 0 Å². The zero-order valence-corrected chi connectivity index (χ0v) is 17.3. The summed E-state index contributed by atoms with van der Waals surface area (Å²) in [4.78, 5) is 21.6. The van der Waals surface area contributed by atoms with Crippen molar-refractivity contribution in [3.05, 3.63) is 82.5 Å². The van der Waals surface area contributed by atoms with E-state index >= 15 is 0 Å². The molecule has 4 nitrogen and oxygen atoms in total. The highest BCUT2D eigenvalue weighted by Crippen LogP contribution is 2.34. The molecule has 0 unspecified atom stereocenters. The molecule has 0 aliphatic carbocycles. The van der Waals surface area contributed by atoms with Crippen molar-refractivity contribution >= 4 is 27.5 Å². The van der Waals surface area contributed by atoms with Gasteiger partial charge in [-0.05, 0) is 36.8 Å². The number of alkyl halides is 3. The van der Waals surface area contributed by atoms with E-state index in [1.165, 1.54) is 29.8 Å². The van der Waals surface area contributed by atoms with Crippen LogP contribution in [0.5, 0.6) is 0 Å². The Morgan fingerprint density at radius 3 is 2.65 bits per heavy atom. The van der Waals surface area contributed by atoms with Gasteiger partial charge in [-0.25, -0.2) is 14.8 Å². The van der Waals surface area contributed by atoms with Gasteiger partial charge in [0, 0.05) is 16.9 Å². The van der Waals surface area contributed by atoms with Gasteiger partial charge in [0.1, 0.15) is 6.33 Å². The molecule has 158 valence electrons. The second-order valence-corrected chi connectivity index (χ2v) is 7.96. The monoisotopic (exact) mass is 442 g/mol. The first-order chi connectivity index (χ1) is 14.8. The smallest absolute Gasteiger partial charge is 0.416 e. The summed E-state index contributed by atoms with van der Waals surface area (Å²) in [5, 5.41) is 0. The van der Waals surface area contributed by atoms with Crippen molar-refractivity contribution in [2.45, 2.75) is 19.5 Å². The maximum absolute atomic E-state index is 13.0. The third-order valence-corrected chi connectivity index (χ3v) is 5.77. The molecule has 8 heteroatoms. The van der Waals surface area contributed by atoms with Gasteiger partial charge < -0.3 is 4.74 Å². The van der Waals surface area contributed by atoms with Gasteiger partial charge in [-0.2, -0.15) is 13.2 Å². The number of hydrogen-bond donors (Lipinski definition) is 0. The summed E-state index contributed by atoms with van der Waals surface area (Å²) in [5.74, 6) is -0.411. The fourth-order valence-electron chi connectivity index (χ4n) is 3.26. The molecule has 0 fully saturated rings. The Balaban J connectivity index is 1.69. The lowest BCUT2D eigenvalue weighted by Gasteiger charge is -2.08. The molecule has 0 aliphatic heterocycles. The summed E-state index contributed by atoms with van der Waals surface area (Å²) >= 11 is 1.43. The van der Waals surface area contributed by atoms with Gasteiger partial charge in [0.05, 0.1) is 33.6 Å². The van der Waals surface area contributed by atoms with E-state index in [0.717, 1.165) is 21.2 Å². The van der Waals surface area contributed by atoms with E-state index in [1.807, 2.05) is 12.1 Å². The standard InChI is InChI=1S/C23H17F3N2O2S/c1-2-30-22(29)16-7-4-6-15(11-16)20-21-19(27-13-28-20)12-18(31-21)10-14-5-3-8-17(9-14)23(24,25)26/h3-9,11-13H,2,10H2,1H3. The first kappa shape index (κ1) is 21.0. The molecule has 0 radical (unpaired) electrons. The van der Waals surface area contributed by atoms with Crippen LogP contribution in [0, 0.1) is 0 Å². The zero-order valence-electron chi connectivity index (χ0n) is 16.4. The summed E-state index contributed by atoms with van der Waals surface area (Å²) in [7, 11) is 0. The molecule has 0 aliphatic rings. The Labute approximate surface area is 180 Å². The van der Waals surface area contributed by atoms with Crippen LogP contribution < -0.4 is 0 Å². The molecule has 0 saturated heterocycles. The number of halogens is 3. The number of ether oxygens (including phenoxy) is 1. The van der Waals surface area contributed by atoms with E-state index in [2.05, 4.69) is 9.97 Å². The van der Waals surface area contributed by atoms with Gasteiger partial charge in [-0.15, -0.1) is 11.3 Å². The molecule has 0 N–H and O–H groups in total. The van der Waals surface area contributed by atoms with Crippen molar-refractivity contribution in [3.63, 3.8) is 0 Å². The van der Waals surface area contributed by atoms with Crippen LogP contribution in [0.2, 0.25) is 0 Å². The van der Waals surface area contributed by atoms with Crippen molar-refractivity contribution in [3.8, 4) is 11.3 Å². The number of hydrogen-bond acceptors (Lipinski definition) is 5. The number of rotatable bonds is 5. The van der Waals surface area contributed by atoms with E-state index in [4.69, 9.17) is 4.74 Å². The lowest BCUT2D eigenvalue weighted by Crippen LogP contribution is -2.05. The highest BCUT2D eigenvalue weighted by atomic mass is 32.1. The van der Waals surface area contributed by atoms with Crippen LogP contribution in [-0.2, 0) is 17.3 Å². The van der Waals surface area contributed by atoms with E-state index in [0.29, 0.717) is 28.8 Å². The molecular weight excluding hydrogens is 425 g/mol. The second kappa shape index (κ2) is 8.47. The molecule has 0 spiro atoms. The van der Waals surface area contributed by atoms with Crippen LogP contribution in [0.4, 0.5) is 13.2 Å². The number of aromatic nitrogens is 2. The van der Waals surface area contributed by atoms with E-state index in [9.17, 15) is 18.0 Å². The fourth-order valence-corrected chi connectivity index (χ4v) is 4.42. The maximum Gasteiger partial charge on any atom is 0.416 e.